The predicted molar refractivity (Wildman–Crippen MR) is 69.6 cm³/mol. The van der Waals surface area contributed by atoms with Crippen LogP contribution in [0.2, 0.25) is 0 Å². The van der Waals surface area contributed by atoms with Gasteiger partial charge in [0.25, 0.3) is 0 Å². The molecule has 1 aliphatic heterocycles. The molecule has 0 bridgehead atoms. The Balaban J connectivity index is 1.58. The molecule has 2 unspecified atom stereocenters. The highest BCUT2D eigenvalue weighted by molar-refractivity contribution is 4.88. The van der Waals surface area contributed by atoms with E-state index in [2.05, 4.69) is 31.0 Å². The molecule has 2 heteroatoms. The van der Waals surface area contributed by atoms with Gasteiger partial charge in [0, 0.05) is 18.6 Å². The number of fused-ring (bicyclic) bond motifs is 1. The van der Waals surface area contributed by atoms with Crippen LogP contribution in [0.5, 0.6) is 0 Å². The minimum absolute atomic E-state index is 0.279. The minimum Gasteiger partial charge on any atom is -0.312 e. The zero-order chi connectivity index (χ0) is 11.6. The first kappa shape index (κ1) is 12.4. The number of likely N-dealkylation sites (tertiary alicyclic amines) is 1. The van der Waals surface area contributed by atoms with Crippen LogP contribution in [0.15, 0.2) is 0 Å². The van der Waals surface area contributed by atoms with Gasteiger partial charge in [-0.3, -0.25) is 0 Å². The predicted octanol–water partition coefficient (Wildman–Crippen LogP) is 2.50. The average molecular weight is 224 g/mol. The summed E-state index contributed by atoms with van der Waals surface area (Å²) < 4.78 is 0. The van der Waals surface area contributed by atoms with Gasteiger partial charge in [0.15, 0.2) is 0 Å². The molecule has 2 nitrogen and oxygen atoms in total. The molecule has 1 heterocycles. The molecule has 94 valence electrons. The van der Waals surface area contributed by atoms with Crippen molar-refractivity contribution >= 4 is 0 Å². The first-order valence-corrected chi connectivity index (χ1v) is 7.02. The number of rotatable bonds is 4. The maximum atomic E-state index is 3.57. The Bertz CT molecular complexity index is 207. The van der Waals surface area contributed by atoms with Crippen molar-refractivity contribution in [1.82, 2.24) is 10.2 Å². The summed E-state index contributed by atoms with van der Waals surface area (Å²) in [6, 6.07) is 0. The number of nitrogens with zero attached hydrogens (tertiary/aromatic N) is 1. The quantitative estimate of drug-likeness (QED) is 0.738. The lowest BCUT2D eigenvalue weighted by atomic mass is 10.0. The van der Waals surface area contributed by atoms with Gasteiger partial charge < -0.3 is 10.2 Å². The van der Waals surface area contributed by atoms with Crippen LogP contribution in [0.3, 0.4) is 0 Å². The second-order valence-corrected chi connectivity index (χ2v) is 6.74. The molecule has 2 fully saturated rings. The van der Waals surface area contributed by atoms with Crippen molar-refractivity contribution in [2.24, 2.45) is 11.8 Å². The van der Waals surface area contributed by atoms with Crippen LogP contribution in [-0.4, -0.2) is 36.6 Å². The van der Waals surface area contributed by atoms with Crippen LogP contribution < -0.4 is 5.32 Å². The molecular weight excluding hydrogens is 196 g/mol. The summed E-state index contributed by atoms with van der Waals surface area (Å²) >= 11 is 0. The summed E-state index contributed by atoms with van der Waals surface area (Å²) in [4.78, 5) is 2.69. The summed E-state index contributed by atoms with van der Waals surface area (Å²) in [5, 5.41) is 3.57. The molecule has 0 aromatic heterocycles. The first-order chi connectivity index (χ1) is 7.54. The smallest absolute Gasteiger partial charge is 0.00965 e. The molecule has 1 saturated heterocycles. The molecule has 0 radical (unpaired) electrons. The Hall–Kier alpha value is -0.0800. The van der Waals surface area contributed by atoms with E-state index in [9.17, 15) is 0 Å². The number of hydrogen-bond donors (Lipinski definition) is 1. The molecule has 1 aliphatic carbocycles. The highest BCUT2D eigenvalue weighted by atomic mass is 15.2. The van der Waals surface area contributed by atoms with Gasteiger partial charge in [-0.05, 0) is 65.0 Å². The zero-order valence-electron chi connectivity index (χ0n) is 11.3. The topological polar surface area (TPSA) is 15.3 Å². The van der Waals surface area contributed by atoms with Crippen LogP contribution in [0.25, 0.3) is 0 Å². The molecule has 0 amide bonds. The SMILES string of the molecule is CC(C)(C)NCCCN1CC2CCCC2C1. The van der Waals surface area contributed by atoms with E-state index in [1.807, 2.05) is 0 Å². The van der Waals surface area contributed by atoms with Crippen LogP contribution in [0.1, 0.15) is 46.5 Å². The van der Waals surface area contributed by atoms with Crippen LogP contribution in [0.4, 0.5) is 0 Å². The van der Waals surface area contributed by atoms with Gasteiger partial charge in [0.1, 0.15) is 0 Å². The maximum Gasteiger partial charge on any atom is 0.00965 e. The molecule has 1 N–H and O–H groups in total. The average Bonchev–Trinajstić information content (AvgIpc) is 2.70. The standard InChI is InChI=1S/C14H28N2/c1-14(2,3)15-8-5-9-16-10-12-6-4-7-13(12)11-16/h12-13,15H,4-11H2,1-3H3. The molecule has 16 heavy (non-hydrogen) atoms. The Morgan fingerprint density at radius 1 is 1.12 bits per heavy atom. The Labute approximate surface area is 101 Å². The first-order valence-electron chi connectivity index (χ1n) is 7.02. The largest absolute Gasteiger partial charge is 0.312 e. The lowest BCUT2D eigenvalue weighted by Gasteiger charge is -2.22. The van der Waals surface area contributed by atoms with Gasteiger partial charge in [0.2, 0.25) is 0 Å². The molecular formula is C14H28N2. The molecule has 2 atom stereocenters. The summed E-state index contributed by atoms with van der Waals surface area (Å²) in [6.45, 7) is 12.0. The van der Waals surface area contributed by atoms with Gasteiger partial charge in [-0.1, -0.05) is 6.42 Å². The number of hydrogen-bond acceptors (Lipinski definition) is 2. The minimum atomic E-state index is 0.279. The fourth-order valence-electron chi connectivity index (χ4n) is 3.28. The fourth-order valence-corrected chi connectivity index (χ4v) is 3.28. The van der Waals surface area contributed by atoms with Crippen molar-refractivity contribution in [1.29, 1.82) is 0 Å². The normalized spacial score (nSPS) is 30.9. The van der Waals surface area contributed by atoms with E-state index in [1.54, 1.807) is 0 Å². The van der Waals surface area contributed by atoms with Crippen LogP contribution in [-0.2, 0) is 0 Å². The Kier molecular flexibility index (Phi) is 3.91. The Morgan fingerprint density at radius 3 is 2.31 bits per heavy atom. The molecule has 0 spiro atoms. The van der Waals surface area contributed by atoms with Crippen molar-refractivity contribution in [3.05, 3.63) is 0 Å². The maximum absolute atomic E-state index is 3.57. The van der Waals surface area contributed by atoms with E-state index in [0.29, 0.717) is 0 Å². The molecule has 1 saturated carbocycles. The highest BCUT2D eigenvalue weighted by Gasteiger charge is 2.35. The lowest BCUT2D eigenvalue weighted by Crippen LogP contribution is -2.37. The van der Waals surface area contributed by atoms with Gasteiger partial charge >= 0.3 is 0 Å². The van der Waals surface area contributed by atoms with Crippen molar-refractivity contribution in [2.45, 2.75) is 52.0 Å². The van der Waals surface area contributed by atoms with Gasteiger partial charge in [-0.25, -0.2) is 0 Å². The summed E-state index contributed by atoms with van der Waals surface area (Å²) in [7, 11) is 0. The second kappa shape index (κ2) is 5.05. The third-order valence-corrected chi connectivity index (χ3v) is 4.11. The van der Waals surface area contributed by atoms with E-state index < -0.39 is 0 Å². The van der Waals surface area contributed by atoms with Gasteiger partial charge in [-0.15, -0.1) is 0 Å². The summed E-state index contributed by atoms with van der Waals surface area (Å²) in [5.74, 6) is 2.10. The third-order valence-electron chi connectivity index (χ3n) is 4.11. The van der Waals surface area contributed by atoms with E-state index in [4.69, 9.17) is 0 Å². The summed E-state index contributed by atoms with van der Waals surface area (Å²) in [5.41, 5.74) is 0.279. The third kappa shape index (κ3) is 3.46. The Morgan fingerprint density at radius 2 is 1.75 bits per heavy atom. The van der Waals surface area contributed by atoms with Crippen molar-refractivity contribution < 1.29 is 0 Å². The van der Waals surface area contributed by atoms with Gasteiger partial charge in [-0.2, -0.15) is 0 Å². The van der Waals surface area contributed by atoms with E-state index in [-0.39, 0.29) is 5.54 Å². The second-order valence-electron chi connectivity index (χ2n) is 6.74. The van der Waals surface area contributed by atoms with E-state index in [0.717, 1.165) is 18.4 Å². The van der Waals surface area contributed by atoms with Crippen molar-refractivity contribution in [3.63, 3.8) is 0 Å². The molecule has 2 aliphatic rings. The number of nitrogens with one attached hydrogen (secondary N) is 1. The van der Waals surface area contributed by atoms with Crippen LogP contribution >= 0.6 is 0 Å². The van der Waals surface area contributed by atoms with E-state index in [1.165, 1.54) is 45.3 Å². The van der Waals surface area contributed by atoms with Crippen molar-refractivity contribution in [3.8, 4) is 0 Å². The van der Waals surface area contributed by atoms with Gasteiger partial charge in [0.05, 0.1) is 0 Å². The molecule has 2 rings (SSSR count). The molecule has 0 aromatic rings. The zero-order valence-corrected chi connectivity index (χ0v) is 11.3. The summed E-state index contributed by atoms with van der Waals surface area (Å²) in [6.07, 6.45) is 5.80. The monoisotopic (exact) mass is 224 g/mol. The van der Waals surface area contributed by atoms with Crippen LogP contribution in [0, 0.1) is 11.8 Å². The van der Waals surface area contributed by atoms with Crippen molar-refractivity contribution in [2.75, 3.05) is 26.2 Å². The fraction of sp³-hybridized carbons (Fsp3) is 1.00. The lowest BCUT2D eigenvalue weighted by molar-refractivity contribution is 0.297. The molecule has 0 aromatic carbocycles. The van der Waals surface area contributed by atoms with E-state index >= 15 is 0 Å². The highest BCUT2D eigenvalue weighted by Crippen LogP contribution is 2.37.